The average Bonchev–Trinajstić information content (AvgIpc) is 2.36. The largest absolute Gasteiger partial charge is 0.444 e. The van der Waals surface area contributed by atoms with Gasteiger partial charge in [0.25, 0.3) is 0 Å². The third-order valence-electron chi connectivity index (χ3n) is 4.34. The van der Waals surface area contributed by atoms with Crippen LogP contribution in [0.3, 0.4) is 0 Å². The summed E-state index contributed by atoms with van der Waals surface area (Å²) in [6.07, 6.45) is -0.290. The van der Waals surface area contributed by atoms with Gasteiger partial charge < -0.3 is 15.0 Å². The fourth-order valence-corrected chi connectivity index (χ4v) is 3.68. The highest BCUT2D eigenvalue weighted by Crippen LogP contribution is 2.40. The molecule has 2 heterocycles. The smallest absolute Gasteiger partial charge is 0.410 e. The Bertz CT molecular complexity index is 701. The zero-order valence-electron chi connectivity index (χ0n) is 15.1. The van der Waals surface area contributed by atoms with Crippen molar-refractivity contribution >= 4 is 29.3 Å². The van der Waals surface area contributed by atoms with Crippen LogP contribution in [0, 0.1) is 11.2 Å². The maximum atomic E-state index is 13.3. The van der Waals surface area contributed by atoms with Crippen LogP contribution >= 0.6 is 11.6 Å². The number of hydrogen-bond acceptors (Lipinski definition) is 4. The second-order valence-electron chi connectivity index (χ2n) is 8.19. The van der Waals surface area contributed by atoms with Gasteiger partial charge in [-0.25, -0.2) is 9.18 Å². The number of nitrogens with one attached hydrogen (secondary N) is 1. The number of benzene rings is 1. The number of ether oxygens (including phenoxy) is 1. The summed E-state index contributed by atoms with van der Waals surface area (Å²) < 4.78 is 18.6. The molecule has 8 heteroatoms. The van der Waals surface area contributed by atoms with Crippen molar-refractivity contribution in [2.24, 2.45) is 5.41 Å². The van der Waals surface area contributed by atoms with Crippen molar-refractivity contribution in [1.82, 2.24) is 9.80 Å². The predicted molar refractivity (Wildman–Crippen MR) is 96.7 cm³/mol. The number of amides is 2. The highest BCUT2D eigenvalue weighted by Gasteiger charge is 2.54. The molecule has 2 amide bonds. The Labute approximate surface area is 157 Å². The Morgan fingerprint density at radius 1 is 1.23 bits per heavy atom. The van der Waals surface area contributed by atoms with E-state index in [1.165, 1.54) is 18.2 Å². The molecule has 1 spiro atoms. The minimum atomic E-state index is -0.497. The summed E-state index contributed by atoms with van der Waals surface area (Å²) in [7, 11) is 0. The molecule has 0 aliphatic carbocycles. The maximum absolute atomic E-state index is 13.3. The molecular weight excluding hydrogens is 361 g/mol. The molecule has 2 aliphatic rings. The van der Waals surface area contributed by atoms with Gasteiger partial charge >= 0.3 is 6.09 Å². The molecule has 1 aromatic carbocycles. The molecule has 0 bridgehead atoms. The lowest BCUT2D eigenvalue weighted by atomic mass is 9.73. The van der Waals surface area contributed by atoms with Gasteiger partial charge in [0.1, 0.15) is 11.4 Å². The van der Waals surface area contributed by atoms with E-state index in [1.54, 1.807) is 4.90 Å². The van der Waals surface area contributed by atoms with Crippen molar-refractivity contribution in [3.63, 3.8) is 0 Å². The summed E-state index contributed by atoms with van der Waals surface area (Å²) in [4.78, 5) is 27.7. The van der Waals surface area contributed by atoms with Crippen molar-refractivity contribution in [3.05, 3.63) is 29.0 Å². The molecule has 2 saturated heterocycles. The Hall–Kier alpha value is -1.86. The van der Waals surface area contributed by atoms with Gasteiger partial charge in [-0.05, 0) is 39.0 Å². The van der Waals surface area contributed by atoms with Crippen LogP contribution in [0.25, 0.3) is 0 Å². The molecule has 1 N–H and O–H groups in total. The Morgan fingerprint density at radius 3 is 2.46 bits per heavy atom. The van der Waals surface area contributed by atoms with Crippen LogP contribution in [0.5, 0.6) is 0 Å². The molecule has 0 radical (unpaired) electrons. The van der Waals surface area contributed by atoms with Crippen LogP contribution in [-0.2, 0) is 9.53 Å². The quantitative estimate of drug-likeness (QED) is 0.871. The lowest BCUT2D eigenvalue weighted by Gasteiger charge is -2.59. The number of carbonyl (C=O) groups excluding carboxylic acids is 2. The van der Waals surface area contributed by atoms with Crippen LogP contribution < -0.4 is 5.32 Å². The summed E-state index contributed by atoms with van der Waals surface area (Å²) in [5, 5.41) is 2.89. The summed E-state index contributed by atoms with van der Waals surface area (Å²) in [6.45, 7) is 8.57. The van der Waals surface area contributed by atoms with Gasteiger partial charge in [-0.15, -0.1) is 0 Å². The van der Waals surface area contributed by atoms with Gasteiger partial charge in [0, 0.05) is 42.3 Å². The first-order valence-electron chi connectivity index (χ1n) is 8.50. The van der Waals surface area contributed by atoms with Gasteiger partial charge in [0.15, 0.2) is 0 Å². The fraction of sp³-hybridized carbons (Fsp3) is 0.556. The fourth-order valence-electron chi connectivity index (χ4n) is 3.46. The molecule has 3 rings (SSSR count). The molecule has 0 atom stereocenters. The zero-order chi connectivity index (χ0) is 19.1. The lowest BCUT2D eigenvalue weighted by Crippen LogP contribution is -2.73. The summed E-state index contributed by atoms with van der Waals surface area (Å²) in [5.41, 5.74) is -0.0853. The first kappa shape index (κ1) is 18.9. The van der Waals surface area contributed by atoms with E-state index in [2.05, 4.69) is 5.32 Å². The molecule has 0 unspecified atom stereocenters. The number of likely N-dealkylation sites (tertiary alicyclic amines) is 2. The Balaban J connectivity index is 1.41. The van der Waals surface area contributed by atoms with E-state index in [9.17, 15) is 14.0 Å². The maximum Gasteiger partial charge on any atom is 0.410 e. The van der Waals surface area contributed by atoms with E-state index in [1.807, 2.05) is 25.7 Å². The number of nitrogens with zero attached hydrogens (tertiary/aromatic N) is 2. The summed E-state index contributed by atoms with van der Waals surface area (Å²) >= 11 is 5.78. The molecule has 26 heavy (non-hydrogen) atoms. The van der Waals surface area contributed by atoms with Gasteiger partial charge in [0.05, 0.1) is 6.54 Å². The van der Waals surface area contributed by atoms with E-state index in [-0.39, 0.29) is 29.0 Å². The number of carbonyl (C=O) groups is 2. The highest BCUT2D eigenvalue weighted by atomic mass is 35.5. The van der Waals surface area contributed by atoms with E-state index >= 15 is 0 Å². The van der Waals surface area contributed by atoms with Crippen molar-refractivity contribution in [3.8, 4) is 0 Å². The highest BCUT2D eigenvalue weighted by molar-refractivity contribution is 6.30. The summed E-state index contributed by atoms with van der Waals surface area (Å²) in [5.74, 6) is -0.711. The van der Waals surface area contributed by atoms with Crippen molar-refractivity contribution in [2.45, 2.75) is 26.4 Å². The molecule has 6 nitrogen and oxygen atoms in total. The molecule has 0 aromatic heterocycles. The Morgan fingerprint density at radius 2 is 1.88 bits per heavy atom. The normalized spacial score (nSPS) is 18.9. The van der Waals surface area contributed by atoms with Crippen LogP contribution in [0.1, 0.15) is 20.8 Å². The summed E-state index contributed by atoms with van der Waals surface area (Å²) in [6, 6.07) is 3.92. The topological polar surface area (TPSA) is 61.9 Å². The molecular formula is C18H23ClFN3O3. The first-order chi connectivity index (χ1) is 12.0. The minimum Gasteiger partial charge on any atom is -0.444 e. The third kappa shape index (κ3) is 4.45. The van der Waals surface area contributed by atoms with Crippen molar-refractivity contribution in [2.75, 3.05) is 38.0 Å². The van der Waals surface area contributed by atoms with E-state index in [0.717, 1.165) is 13.1 Å². The van der Waals surface area contributed by atoms with Gasteiger partial charge in [-0.1, -0.05) is 11.6 Å². The number of anilines is 1. The Kier molecular flexibility index (Phi) is 4.88. The third-order valence-corrected chi connectivity index (χ3v) is 4.55. The van der Waals surface area contributed by atoms with E-state index in [4.69, 9.17) is 16.3 Å². The molecule has 142 valence electrons. The van der Waals surface area contributed by atoms with Gasteiger partial charge in [-0.3, -0.25) is 9.69 Å². The van der Waals surface area contributed by atoms with Crippen LogP contribution in [0.2, 0.25) is 5.02 Å². The standard InChI is InChI=1S/C18H23ClFN3O3/c1-17(2,3)26-16(25)23-10-18(11-23)8-22(9-18)7-15(24)21-14-5-12(19)4-13(20)6-14/h4-6H,7-11H2,1-3H3,(H,21,24). The molecule has 2 aliphatic heterocycles. The van der Waals surface area contributed by atoms with E-state index in [0.29, 0.717) is 18.8 Å². The van der Waals surface area contributed by atoms with Gasteiger partial charge in [-0.2, -0.15) is 0 Å². The number of halogens is 2. The van der Waals surface area contributed by atoms with Gasteiger partial charge in [0.2, 0.25) is 5.91 Å². The SMILES string of the molecule is CC(C)(C)OC(=O)N1CC2(CN(CC(=O)Nc3cc(F)cc(Cl)c3)C2)C1. The number of hydrogen-bond donors (Lipinski definition) is 1. The molecule has 2 fully saturated rings. The van der Waals surface area contributed by atoms with Crippen molar-refractivity contribution < 1.29 is 18.7 Å². The predicted octanol–water partition coefficient (Wildman–Crippen LogP) is 2.97. The average molecular weight is 384 g/mol. The number of rotatable bonds is 3. The second kappa shape index (κ2) is 6.70. The second-order valence-corrected chi connectivity index (χ2v) is 8.62. The molecule has 1 aromatic rings. The van der Waals surface area contributed by atoms with Crippen LogP contribution in [-0.4, -0.2) is 60.1 Å². The molecule has 0 saturated carbocycles. The minimum absolute atomic E-state index is 0.0688. The lowest BCUT2D eigenvalue weighted by molar-refractivity contribution is -0.132. The van der Waals surface area contributed by atoms with E-state index < -0.39 is 11.4 Å². The van der Waals surface area contributed by atoms with Crippen LogP contribution in [0.4, 0.5) is 14.9 Å². The van der Waals surface area contributed by atoms with Crippen LogP contribution in [0.15, 0.2) is 18.2 Å². The monoisotopic (exact) mass is 383 g/mol. The zero-order valence-corrected chi connectivity index (χ0v) is 15.9. The van der Waals surface area contributed by atoms with Crippen molar-refractivity contribution in [1.29, 1.82) is 0 Å². The first-order valence-corrected chi connectivity index (χ1v) is 8.88.